The monoisotopic (exact) mass is 447 g/mol. The average molecular weight is 448 g/mol. The van der Waals surface area contributed by atoms with Gasteiger partial charge in [0.2, 0.25) is 5.91 Å². The topological polar surface area (TPSA) is 91.1 Å². The highest BCUT2D eigenvalue weighted by atomic mass is 16.4. The minimum Gasteiger partial charge on any atom is -0.481 e. The van der Waals surface area contributed by atoms with Gasteiger partial charge in [-0.1, -0.05) is 54.6 Å². The Morgan fingerprint density at radius 2 is 1.91 bits per heavy atom. The lowest BCUT2D eigenvalue weighted by atomic mass is 10.1. The molecule has 1 amide bonds. The molecule has 1 aromatic carbocycles. The van der Waals surface area contributed by atoms with Crippen LogP contribution in [0.1, 0.15) is 57.4 Å². The van der Waals surface area contributed by atoms with E-state index in [1.165, 1.54) is 0 Å². The summed E-state index contributed by atoms with van der Waals surface area (Å²) in [5.41, 5.74) is 3.39. The number of rotatable bonds is 13. The highest BCUT2D eigenvalue weighted by Crippen LogP contribution is 2.15. The predicted octanol–water partition coefficient (Wildman–Crippen LogP) is 5.39. The lowest BCUT2D eigenvalue weighted by Gasteiger charge is -2.08. The molecule has 6 heteroatoms. The van der Waals surface area contributed by atoms with Gasteiger partial charge in [-0.2, -0.15) is 0 Å². The fraction of sp³-hybridized carbons (Fsp3) is 0.333. The number of nitrogens with zero attached hydrogens (tertiary/aromatic N) is 2. The number of unbranched alkanes of at least 4 members (excludes halogenated alkanes) is 2. The summed E-state index contributed by atoms with van der Waals surface area (Å²) in [4.78, 5) is 32.2. The van der Waals surface area contributed by atoms with E-state index in [4.69, 9.17) is 5.11 Å². The lowest BCUT2D eigenvalue weighted by molar-refractivity contribution is -0.137. The lowest BCUT2D eigenvalue weighted by Crippen LogP contribution is -2.24. The molecule has 33 heavy (non-hydrogen) atoms. The van der Waals surface area contributed by atoms with Crippen LogP contribution < -0.4 is 5.32 Å². The predicted molar refractivity (Wildman–Crippen MR) is 135 cm³/mol. The summed E-state index contributed by atoms with van der Waals surface area (Å²) >= 11 is 0. The molecule has 1 aliphatic rings. The van der Waals surface area contributed by atoms with E-state index in [0.29, 0.717) is 30.8 Å². The highest BCUT2D eigenvalue weighted by Gasteiger charge is 2.06. The highest BCUT2D eigenvalue weighted by molar-refractivity contribution is 5.81. The van der Waals surface area contributed by atoms with Gasteiger partial charge >= 0.3 is 5.97 Å². The number of aliphatic imine (C=N–C) groups is 2. The molecule has 0 heterocycles. The SMILES string of the molecule is C/C=C(/N=C/c1ccccc1)C(=C/CC(=O)NCC1=CCCC=C1)\N=C\CCCCC(=O)O. The van der Waals surface area contributed by atoms with Crippen molar-refractivity contribution in [1.82, 2.24) is 5.32 Å². The number of carboxylic acid groups (broad SMARTS) is 1. The molecule has 1 aliphatic carbocycles. The van der Waals surface area contributed by atoms with Crippen molar-refractivity contribution in [3.05, 3.63) is 83.2 Å². The van der Waals surface area contributed by atoms with Gasteiger partial charge < -0.3 is 10.4 Å². The number of carbonyl (C=O) groups excluding carboxylic acids is 1. The van der Waals surface area contributed by atoms with E-state index in [1.54, 1.807) is 18.5 Å². The summed E-state index contributed by atoms with van der Waals surface area (Å²) in [6.07, 6.45) is 17.9. The van der Waals surface area contributed by atoms with Gasteiger partial charge in [0.05, 0.1) is 11.4 Å². The molecule has 0 saturated heterocycles. The van der Waals surface area contributed by atoms with Crippen LogP contribution >= 0.6 is 0 Å². The molecule has 0 bridgehead atoms. The minimum atomic E-state index is -0.788. The second kappa shape index (κ2) is 15.3. The van der Waals surface area contributed by atoms with Gasteiger partial charge in [0.25, 0.3) is 0 Å². The molecule has 6 nitrogen and oxygen atoms in total. The van der Waals surface area contributed by atoms with Crippen LogP contribution in [0, 0.1) is 0 Å². The maximum absolute atomic E-state index is 12.4. The van der Waals surface area contributed by atoms with Crippen LogP contribution in [0.15, 0.2) is 87.7 Å². The number of hydrogen-bond donors (Lipinski definition) is 2. The van der Waals surface area contributed by atoms with E-state index >= 15 is 0 Å². The Morgan fingerprint density at radius 1 is 1.09 bits per heavy atom. The first-order valence-electron chi connectivity index (χ1n) is 11.4. The summed E-state index contributed by atoms with van der Waals surface area (Å²) in [5.74, 6) is -0.865. The molecular weight excluding hydrogens is 414 g/mol. The van der Waals surface area contributed by atoms with Crippen LogP contribution in [0.3, 0.4) is 0 Å². The minimum absolute atomic E-state index is 0.0773. The first-order chi connectivity index (χ1) is 16.1. The smallest absolute Gasteiger partial charge is 0.303 e. The number of benzene rings is 1. The number of carbonyl (C=O) groups is 2. The molecule has 2 N–H and O–H groups in total. The molecule has 0 unspecified atom stereocenters. The molecule has 0 radical (unpaired) electrons. The fourth-order valence-electron chi connectivity index (χ4n) is 3.13. The molecule has 0 aromatic heterocycles. The molecule has 0 fully saturated rings. The third kappa shape index (κ3) is 11.1. The average Bonchev–Trinajstić information content (AvgIpc) is 2.84. The third-order valence-electron chi connectivity index (χ3n) is 4.93. The van der Waals surface area contributed by atoms with Crippen molar-refractivity contribution in [2.45, 2.75) is 51.9 Å². The van der Waals surface area contributed by atoms with Crippen LogP contribution in [0.5, 0.6) is 0 Å². The van der Waals surface area contributed by atoms with Crippen molar-refractivity contribution in [3.8, 4) is 0 Å². The first kappa shape index (κ1) is 25.7. The summed E-state index contributed by atoms with van der Waals surface area (Å²) in [5, 5.41) is 11.7. The zero-order valence-corrected chi connectivity index (χ0v) is 19.2. The Bertz CT molecular complexity index is 954. The van der Waals surface area contributed by atoms with E-state index < -0.39 is 5.97 Å². The van der Waals surface area contributed by atoms with Crippen molar-refractivity contribution < 1.29 is 14.7 Å². The van der Waals surface area contributed by atoms with Gasteiger partial charge in [-0.15, -0.1) is 0 Å². The van der Waals surface area contributed by atoms with Crippen molar-refractivity contribution in [1.29, 1.82) is 0 Å². The van der Waals surface area contributed by atoms with E-state index in [0.717, 1.165) is 30.4 Å². The summed E-state index contributed by atoms with van der Waals surface area (Å²) in [6.45, 7) is 2.41. The van der Waals surface area contributed by atoms with Crippen molar-refractivity contribution in [2.75, 3.05) is 6.54 Å². The van der Waals surface area contributed by atoms with E-state index in [9.17, 15) is 9.59 Å². The maximum Gasteiger partial charge on any atom is 0.303 e. The largest absolute Gasteiger partial charge is 0.481 e. The maximum atomic E-state index is 12.4. The molecule has 1 aromatic rings. The molecule has 174 valence electrons. The zero-order chi connectivity index (χ0) is 23.7. The van der Waals surface area contributed by atoms with Gasteiger partial charge in [0.15, 0.2) is 0 Å². The van der Waals surface area contributed by atoms with Crippen molar-refractivity contribution in [2.24, 2.45) is 9.98 Å². The van der Waals surface area contributed by atoms with Crippen LogP contribution in [0.4, 0.5) is 0 Å². The number of nitrogens with one attached hydrogen (secondary N) is 1. The van der Waals surface area contributed by atoms with Gasteiger partial charge in [-0.25, -0.2) is 0 Å². The number of allylic oxidation sites excluding steroid dienone is 3. The van der Waals surface area contributed by atoms with Crippen LogP contribution in [-0.2, 0) is 9.59 Å². The molecule has 2 rings (SSSR count). The van der Waals surface area contributed by atoms with Gasteiger partial charge in [0.1, 0.15) is 0 Å². The fourth-order valence-corrected chi connectivity index (χ4v) is 3.13. The normalized spacial score (nSPS) is 14.6. The van der Waals surface area contributed by atoms with Gasteiger partial charge in [-0.05, 0) is 56.2 Å². The molecule has 0 saturated carbocycles. The molecular formula is C27H33N3O3. The third-order valence-corrected chi connectivity index (χ3v) is 4.93. The number of aliphatic carboxylic acids is 1. The quantitative estimate of drug-likeness (QED) is 0.241. The number of amides is 1. The summed E-state index contributed by atoms with van der Waals surface area (Å²) in [7, 11) is 0. The van der Waals surface area contributed by atoms with Crippen molar-refractivity contribution >= 4 is 24.3 Å². The van der Waals surface area contributed by atoms with Crippen molar-refractivity contribution in [3.63, 3.8) is 0 Å². The molecule has 0 spiro atoms. The second-order valence-corrected chi connectivity index (χ2v) is 7.62. The molecule has 0 aliphatic heterocycles. The van der Waals surface area contributed by atoms with Crippen LogP contribution in [0.2, 0.25) is 0 Å². The van der Waals surface area contributed by atoms with E-state index in [-0.39, 0.29) is 18.7 Å². The number of carboxylic acids is 1. The summed E-state index contributed by atoms with van der Waals surface area (Å²) < 4.78 is 0. The molecule has 0 atom stereocenters. The Balaban J connectivity index is 2.03. The van der Waals surface area contributed by atoms with Crippen LogP contribution in [-0.4, -0.2) is 36.0 Å². The van der Waals surface area contributed by atoms with Gasteiger partial charge in [-0.3, -0.25) is 19.6 Å². The zero-order valence-electron chi connectivity index (χ0n) is 19.2. The Hall–Kier alpha value is -3.54. The Labute approximate surface area is 196 Å². The van der Waals surface area contributed by atoms with Gasteiger partial charge in [0, 0.05) is 31.8 Å². The Morgan fingerprint density at radius 3 is 2.61 bits per heavy atom. The van der Waals surface area contributed by atoms with Crippen LogP contribution in [0.25, 0.3) is 0 Å². The Kier molecular flexibility index (Phi) is 11.9. The van der Waals surface area contributed by atoms with E-state index in [2.05, 4.69) is 33.5 Å². The first-order valence-corrected chi connectivity index (χ1v) is 11.4. The summed E-state index contributed by atoms with van der Waals surface area (Å²) in [6, 6.07) is 9.78. The van der Waals surface area contributed by atoms with E-state index in [1.807, 2.05) is 43.3 Å². The standard InChI is InChI=1S/C27H33N3O3/c1-2-24(29-20-22-12-6-3-7-13-22)25(28-19-11-5-10-16-27(32)33)17-18-26(31)30-21-23-14-8-4-9-15-23/h2-3,6-8,12-15,17,19-20H,4-5,9-11,16,18,21H2,1H3,(H,30,31)(H,32,33)/b24-2+,25-17+,28-19+,29-20+. The second-order valence-electron chi connectivity index (χ2n) is 7.62. The number of hydrogen-bond acceptors (Lipinski definition) is 4.